The topological polar surface area (TPSA) is 61.8 Å². The summed E-state index contributed by atoms with van der Waals surface area (Å²) in [5, 5.41) is 13.7. The van der Waals surface area contributed by atoms with Gasteiger partial charge in [0, 0.05) is 38.1 Å². The number of rotatable bonds is 3. The molecule has 6 heteroatoms. The number of hydrogen-bond acceptors (Lipinski definition) is 4. The van der Waals surface area contributed by atoms with Gasteiger partial charge < -0.3 is 20.1 Å². The normalized spacial score (nSPS) is 29.5. The molecule has 0 aromatic heterocycles. The molecule has 144 valence electrons. The number of likely N-dealkylation sites (tertiary alicyclic amines) is 1. The Labute approximate surface area is 161 Å². The molecule has 1 saturated heterocycles. The summed E-state index contributed by atoms with van der Waals surface area (Å²) < 4.78 is 5.82. The molecule has 1 saturated carbocycles. The second-order valence-electron chi connectivity index (χ2n) is 7.59. The molecule has 3 unspecified atom stereocenters. The van der Waals surface area contributed by atoms with E-state index < -0.39 is 0 Å². The SMILES string of the molecule is CCOC1CC(O)C12CCN(C(=O)C1NCCc3ccccc31)CC2.Cl. The van der Waals surface area contributed by atoms with Crippen molar-refractivity contribution < 1.29 is 14.6 Å². The summed E-state index contributed by atoms with van der Waals surface area (Å²) >= 11 is 0. The van der Waals surface area contributed by atoms with Crippen molar-refractivity contribution in [1.82, 2.24) is 10.2 Å². The summed E-state index contributed by atoms with van der Waals surface area (Å²) in [5.41, 5.74) is 2.26. The van der Waals surface area contributed by atoms with E-state index in [1.807, 2.05) is 24.0 Å². The minimum atomic E-state index is -0.283. The Balaban J connectivity index is 0.00000196. The number of aliphatic hydroxyl groups excluding tert-OH is 1. The molecule has 2 aliphatic heterocycles. The van der Waals surface area contributed by atoms with Crippen LogP contribution in [0.3, 0.4) is 0 Å². The highest BCUT2D eigenvalue weighted by Crippen LogP contribution is 2.51. The van der Waals surface area contributed by atoms with Gasteiger partial charge in [0.2, 0.25) is 5.91 Å². The maximum absolute atomic E-state index is 13.1. The lowest BCUT2D eigenvalue weighted by atomic mass is 9.58. The molecular formula is C20H29ClN2O3. The van der Waals surface area contributed by atoms with Gasteiger partial charge in [0.15, 0.2) is 0 Å². The number of benzene rings is 1. The number of piperidine rings is 1. The molecule has 1 aromatic rings. The predicted octanol–water partition coefficient (Wildman–Crippen LogP) is 2.07. The van der Waals surface area contributed by atoms with Crippen molar-refractivity contribution >= 4 is 18.3 Å². The fraction of sp³-hybridized carbons (Fsp3) is 0.650. The van der Waals surface area contributed by atoms with E-state index in [1.165, 1.54) is 5.56 Å². The van der Waals surface area contributed by atoms with Crippen LogP contribution in [0.1, 0.15) is 43.4 Å². The van der Waals surface area contributed by atoms with Gasteiger partial charge in [0.25, 0.3) is 0 Å². The largest absolute Gasteiger partial charge is 0.392 e. The van der Waals surface area contributed by atoms with Crippen LogP contribution < -0.4 is 5.32 Å². The van der Waals surface area contributed by atoms with E-state index in [4.69, 9.17) is 4.74 Å². The molecular weight excluding hydrogens is 352 g/mol. The van der Waals surface area contributed by atoms with Crippen LogP contribution in [0.2, 0.25) is 0 Å². The zero-order chi connectivity index (χ0) is 17.4. The molecule has 1 spiro atoms. The van der Waals surface area contributed by atoms with E-state index in [-0.39, 0.29) is 42.0 Å². The molecule has 1 aliphatic carbocycles. The first-order valence-electron chi connectivity index (χ1n) is 9.55. The third-order valence-electron chi connectivity index (χ3n) is 6.47. The Bertz CT molecular complexity index is 644. The van der Waals surface area contributed by atoms with Gasteiger partial charge in [-0.25, -0.2) is 0 Å². The van der Waals surface area contributed by atoms with E-state index >= 15 is 0 Å². The van der Waals surface area contributed by atoms with Crippen LogP contribution >= 0.6 is 12.4 Å². The van der Waals surface area contributed by atoms with Gasteiger partial charge in [-0.05, 0) is 37.3 Å². The molecule has 2 N–H and O–H groups in total. The number of carbonyl (C=O) groups is 1. The number of carbonyl (C=O) groups excluding carboxylic acids is 1. The van der Waals surface area contributed by atoms with Gasteiger partial charge >= 0.3 is 0 Å². The molecule has 3 atom stereocenters. The quantitative estimate of drug-likeness (QED) is 0.842. The molecule has 0 bridgehead atoms. The summed E-state index contributed by atoms with van der Waals surface area (Å²) in [6.07, 6.45) is 3.25. The van der Waals surface area contributed by atoms with Crippen molar-refractivity contribution in [3.8, 4) is 0 Å². The Hall–Kier alpha value is -1.14. The van der Waals surface area contributed by atoms with Crippen LogP contribution in [0.15, 0.2) is 24.3 Å². The molecule has 1 aromatic carbocycles. The number of nitrogens with zero attached hydrogens (tertiary/aromatic N) is 1. The van der Waals surface area contributed by atoms with E-state index in [9.17, 15) is 9.90 Å². The third-order valence-corrected chi connectivity index (χ3v) is 6.47. The van der Waals surface area contributed by atoms with Crippen molar-refractivity contribution in [1.29, 1.82) is 0 Å². The number of halogens is 1. The van der Waals surface area contributed by atoms with E-state index in [1.54, 1.807) is 0 Å². The molecule has 3 aliphatic rings. The maximum Gasteiger partial charge on any atom is 0.244 e. The predicted molar refractivity (Wildman–Crippen MR) is 102 cm³/mol. The summed E-state index contributed by atoms with van der Waals surface area (Å²) in [4.78, 5) is 15.1. The first-order valence-corrected chi connectivity index (χ1v) is 9.55. The van der Waals surface area contributed by atoms with E-state index in [0.717, 1.165) is 37.8 Å². The van der Waals surface area contributed by atoms with Crippen molar-refractivity contribution in [2.45, 2.75) is 50.9 Å². The number of aliphatic hydroxyl groups is 1. The summed E-state index contributed by atoms with van der Waals surface area (Å²) in [6.45, 7) is 4.95. The van der Waals surface area contributed by atoms with Gasteiger partial charge in [0.1, 0.15) is 6.04 Å². The Morgan fingerprint density at radius 1 is 1.35 bits per heavy atom. The van der Waals surface area contributed by atoms with Crippen molar-refractivity contribution in [2.24, 2.45) is 5.41 Å². The van der Waals surface area contributed by atoms with Crippen LogP contribution in [-0.4, -0.2) is 54.4 Å². The molecule has 4 rings (SSSR count). The average molecular weight is 381 g/mol. The fourth-order valence-electron chi connectivity index (χ4n) is 4.87. The van der Waals surface area contributed by atoms with Gasteiger partial charge in [-0.2, -0.15) is 0 Å². The highest BCUT2D eigenvalue weighted by molar-refractivity contribution is 5.85. The molecule has 2 heterocycles. The van der Waals surface area contributed by atoms with Crippen molar-refractivity contribution in [3.05, 3.63) is 35.4 Å². The zero-order valence-electron chi connectivity index (χ0n) is 15.3. The standard InChI is InChI=1S/C20H28N2O3.ClH/c1-2-25-17-13-16(23)20(17)8-11-22(12-9-20)19(24)18-15-6-4-3-5-14(15)7-10-21-18;/h3-6,16-18,21,23H,2,7-13H2,1H3;1H. The molecule has 26 heavy (non-hydrogen) atoms. The highest BCUT2D eigenvalue weighted by Gasteiger charge is 2.56. The maximum atomic E-state index is 13.1. The lowest BCUT2D eigenvalue weighted by Gasteiger charge is -2.56. The summed E-state index contributed by atoms with van der Waals surface area (Å²) in [7, 11) is 0. The van der Waals surface area contributed by atoms with Crippen molar-refractivity contribution in [2.75, 3.05) is 26.2 Å². The monoisotopic (exact) mass is 380 g/mol. The van der Waals surface area contributed by atoms with Crippen LogP contribution in [-0.2, 0) is 16.0 Å². The van der Waals surface area contributed by atoms with Gasteiger partial charge in [-0.1, -0.05) is 24.3 Å². The molecule has 2 fully saturated rings. The molecule has 0 radical (unpaired) electrons. The minimum absolute atomic E-state index is 0. The second kappa shape index (κ2) is 7.85. The van der Waals surface area contributed by atoms with Crippen molar-refractivity contribution in [3.63, 3.8) is 0 Å². The Morgan fingerprint density at radius 3 is 2.77 bits per heavy atom. The number of ether oxygens (including phenoxy) is 1. The average Bonchev–Trinajstić information content (AvgIpc) is 2.67. The molecule has 5 nitrogen and oxygen atoms in total. The molecule has 1 amide bonds. The number of hydrogen-bond donors (Lipinski definition) is 2. The summed E-state index contributed by atoms with van der Waals surface area (Å²) in [6, 6.07) is 8.01. The lowest BCUT2D eigenvalue weighted by Crippen LogP contribution is -2.63. The first kappa shape index (κ1) is 19.6. The Kier molecular flexibility index (Phi) is 5.92. The Morgan fingerprint density at radius 2 is 2.08 bits per heavy atom. The number of amides is 1. The second-order valence-corrected chi connectivity index (χ2v) is 7.59. The zero-order valence-corrected chi connectivity index (χ0v) is 16.1. The van der Waals surface area contributed by atoms with E-state index in [2.05, 4.69) is 17.4 Å². The van der Waals surface area contributed by atoms with Crippen LogP contribution in [0.5, 0.6) is 0 Å². The van der Waals surface area contributed by atoms with Crippen LogP contribution in [0.25, 0.3) is 0 Å². The minimum Gasteiger partial charge on any atom is -0.392 e. The van der Waals surface area contributed by atoms with E-state index in [0.29, 0.717) is 19.7 Å². The van der Waals surface area contributed by atoms with Crippen LogP contribution in [0, 0.1) is 5.41 Å². The number of fused-ring (bicyclic) bond motifs is 1. The fourth-order valence-corrected chi connectivity index (χ4v) is 4.87. The van der Waals surface area contributed by atoms with Gasteiger partial charge in [-0.15, -0.1) is 12.4 Å². The van der Waals surface area contributed by atoms with Crippen LogP contribution in [0.4, 0.5) is 0 Å². The highest BCUT2D eigenvalue weighted by atomic mass is 35.5. The van der Waals surface area contributed by atoms with Gasteiger partial charge in [-0.3, -0.25) is 4.79 Å². The first-order chi connectivity index (χ1) is 12.2. The number of nitrogens with one attached hydrogen (secondary N) is 1. The smallest absolute Gasteiger partial charge is 0.244 e. The lowest BCUT2D eigenvalue weighted by molar-refractivity contribution is -0.210. The third kappa shape index (κ3) is 3.15. The summed E-state index contributed by atoms with van der Waals surface area (Å²) in [5.74, 6) is 0.170. The van der Waals surface area contributed by atoms with Gasteiger partial charge in [0.05, 0.1) is 12.2 Å².